The van der Waals surface area contributed by atoms with Gasteiger partial charge < -0.3 is 5.32 Å². The van der Waals surface area contributed by atoms with Crippen molar-refractivity contribution >= 4 is 28.4 Å². The zero-order chi connectivity index (χ0) is 16.9. The monoisotopic (exact) mass is 339 g/mol. The maximum Gasteiger partial charge on any atom is 0.233 e. The van der Waals surface area contributed by atoms with Gasteiger partial charge in [0.05, 0.1) is 5.25 Å². The molecule has 0 unspecified atom stereocenters. The molecule has 0 aliphatic rings. The first-order valence-electron chi connectivity index (χ1n) is 7.79. The lowest BCUT2D eigenvalue weighted by Crippen LogP contribution is -2.30. The van der Waals surface area contributed by atoms with Crippen LogP contribution in [0.25, 0.3) is 10.8 Å². The van der Waals surface area contributed by atoms with Gasteiger partial charge in [0.2, 0.25) is 5.91 Å². The molecule has 1 atom stereocenters. The fourth-order valence-electron chi connectivity index (χ4n) is 2.43. The van der Waals surface area contributed by atoms with Crippen molar-refractivity contribution in [1.29, 1.82) is 0 Å². The first-order valence-corrected chi connectivity index (χ1v) is 8.67. The van der Waals surface area contributed by atoms with Crippen LogP contribution in [0, 0.1) is 5.82 Å². The Kier molecular flexibility index (Phi) is 5.16. The molecule has 2 nitrogen and oxygen atoms in total. The number of amides is 1. The maximum absolute atomic E-state index is 12.9. The summed E-state index contributed by atoms with van der Waals surface area (Å²) >= 11 is 1.53. The third kappa shape index (κ3) is 4.15. The van der Waals surface area contributed by atoms with E-state index in [0.717, 1.165) is 10.5 Å². The summed E-state index contributed by atoms with van der Waals surface area (Å²) in [5, 5.41) is 5.05. The minimum absolute atomic E-state index is 0.0301. The minimum Gasteiger partial charge on any atom is -0.351 e. The number of fused-ring (bicyclic) bond motifs is 1. The summed E-state index contributed by atoms with van der Waals surface area (Å²) in [4.78, 5) is 13.3. The van der Waals surface area contributed by atoms with Crippen LogP contribution < -0.4 is 5.32 Å². The molecule has 3 aromatic carbocycles. The van der Waals surface area contributed by atoms with Gasteiger partial charge in [0.15, 0.2) is 0 Å². The van der Waals surface area contributed by atoms with Crippen molar-refractivity contribution in [3.63, 3.8) is 0 Å². The molecule has 3 rings (SSSR count). The van der Waals surface area contributed by atoms with Crippen LogP contribution in [-0.2, 0) is 11.3 Å². The zero-order valence-corrected chi connectivity index (χ0v) is 14.1. The Morgan fingerprint density at radius 2 is 1.75 bits per heavy atom. The topological polar surface area (TPSA) is 29.1 Å². The van der Waals surface area contributed by atoms with E-state index >= 15 is 0 Å². The molecule has 4 heteroatoms. The van der Waals surface area contributed by atoms with Crippen molar-refractivity contribution in [3.05, 3.63) is 78.1 Å². The van der Waals surface area contributed by atoms with E-state index in [1.165, 1.54) is 34.7 Å². The molecule has 0 fully saturated rings. The molecule has 24 heavy (non-hydrogen) atoms. The van der Waals surface area contributed by atoms with Crippen molar-refractivity contribution in [2.45, 2.75) is 23.6 Å². The summed E-state index contributed by atoms with van der Waals surface area (Å²) in [6, 6.07) is 20.5. The van der Waals surface area contributed by atoms with Gasteiger partial charge in [-0.05, 0) is 47.5 Å². The minimum atomic E-state index is -0.273. The van der Waals surface area contributed by atoms with Crippen molar-refractivity contribution < 1.29 is 9.18 Å². The van der Waals surface area contributed by atoms with Crippen LogP contribution in [0.5, 0.6) is 0 Å². The normalized spacial score (nSPS) is 12.1. The molecule has 0 saturated heterocycles. The Balaban J connectivity index is 1.59. The highest BCUT2D eigenvalue weighted by atomic mass is 32.2. The highest BCUT2D eigenvalue weighted by Crippen LogP contribution is 2.27. The van der Waals surface area contributed by atoms with Crippen LogP contribution in [0.3, 0.4) is 0 Å². The van der Waals surface area contributed by atoms with Crippen LogP contribution in [0.15, 0.2) is 71.6 Å². The van der Waals surface area contributed by atoms with Gasteiger partial charge in [-0.2, -0.15) is 0 Å². The number of hydrogen-bond donors (Lipinski definition) is 1. The zero-order valence-electron chi connectivity index (χ0n) is 13.3. The number of halogens is 1. The lowest BCUT2D eigenvalue weighted by Gasteiger charge is -2.12. The second-order valence-corrected chi connectivity index (χ2v) is 7.03. The first kappa shape index (κ1) is 16.5. The molecule has 3 aromatic rings. The Morgan fingerprint density at radius 3 is 2.50 bits per heavy atom. The third-order valence-corrected chi connectivity index (χ3v) is 4.88. The van der Waals surface area contributed by atoms with Crippen molar-refractivity contribution in [1.82, 2.24) is 5.32 Å². The lowest BCUT2D eigenvalue weighted by atomic mass is 10.1. The highest BCUT2D eigenvalue weighted by Gasteiger charge is 2.14. The summed E-state index contributed by atoms with van der Waals surface area (Å²) < 4.78 is 12.9. The van der Waals surface area contributed by atoms with Gasteiger partial charge in [-0.1, -0.05) is 42.5 Å². The largest absolute Gasteiger partial charge is 0.351 e. The average Bonchev–Trinajstić information content (AvgIpc) is 2.61. The number of rotatable bonds is 5. The number of thioether (sulfide) groups is 1. The molecule has 1 N–H and O–H groups in total. The van der Waals surface area contributed by atoms with Gasteiger partial charge in [-0.25, -0.2) is 4.39 Å². The van der Waals surface area contributed by atoms with Crippen LogP contribution >= 0.6 is 11.8 Å². The molecule has 0 aromatic heterocycles. The number of carbonyl (C=O) groups excluding carboxylic acids is 1. The summed E-state index contributed by atoms with van der Waals surface area (Å²) in [6.07, 6.45) is 0. The van der Waals surface area contributed by atoms with E-state index in [1.807, 2.05) is 25.1 Å². The van der Waals surface area contributed by atoms with Crippen LogP contribution in [0.1, 0.15) is 12.5 Å². The summed E-state index contributed by atoms with van der Waals surface area (Å²) in [6.45, 7) is 2.29. The van der Waals surface area contributed by atoms with E-state index in [4.69, 9.17) is 0 Å². The number of hydrogen-bond acceptors (Lipinski definition) is 2. The van der Waals surface area contributed by atoms with Gasteiger partial charge in [-0.15, -0.1) is 11.8 Å². The Labute approximate surface area is 145 Å². The molecule has 0 spiro atoms. The molecule has 0 heterocycles. The first-order chi connectivity index (χ1) is 11.6. The smallest absolute Gasteiger partial charge is 0.233 e. The summed E-state index contributed by atoms with van der Waals surface area (Å²) in [5.41, 5.74) is 0.882. The van der Waals surface area contributed by atoms with E-state index in [1.54, 1.807) is 12.1 Å². The second kappa shape index (κ2) is 7.49. The molecule has 0 radical (unpaired) electrons. The molecular weight excluding hydrogens is 321 g/mol. The van der Waals surface area contributed by atoms with Gasteiger partial charge in [0.1, 0.15) is 5.82 Å². The van der Waals surface area contributed by atoms with Gasteiger partial charge in [0, 0.05) is 11.4 Å². The quantitative estimate of drug-likeness (QED) is 0.678. The molecule has 1 amide bonds. The van der Waals surface area contributed by atoms with Gasteiger partial charge in [0.25, 0.3) is 0 Å². The standard InChI is InChI=1S/C20H18FNOS/c1-14(20(23)22-13-15-6-9-18(21)10-7-15)24-19-11-8-16-4-2-3-5-17(16)12-19/h2-12,14H,13H2,1H3,(H,22,23)/t14-/m1/s1. The Bertz CT molecular complexity index is 848. The molecule has 0 saturated carbocycles. The van der Waals surface area contributed by atoms with Crippen LogP contribution in [0.4, 0.5) is 4.39 Å². The van der Waals surface area contributed by atoms with Gasteiger partial charge >= 0.3 is 0 Å². The maximum atomic E-state index is 12.9. The predicted molar refractivity (Wildman–Crippen MR) is 97.5 cm³/mol. The highest BCUT2D eigenvalue weighted by molar-refractivity contribution is 8.00. The average molecular weight is 339 g/mol. The third-order valence-electron chi connectivity index (χ3n) is 3.78. The van der Waals surface area contributed by atoms with E-state index in [0.29, 0.717) is 6.54 Å². The van der Waals surface area contributed by atoms with Crippen LogP contribution in [-0.4, -0.2) is 11.2 Å². The Morgan fingerprint density at radius 1 is 1.04 bits per heavy atom. The Hall–Kier alpha value is -2.33. The SMILES string of the molecule is C[C@@H](Sc1ccc2ccccc2c1)C(=O)NCc1ccc(F)cc1. The van der Waals surface area contributed by atoms with Crippen LogP contribution in [0.2, 0.25) is 0 Å². The molecule has 122 valence electrons. The van der Waals surface area contributed by atoms with E-state index < -0.39 is 0 Å². The summed E-state index contributed by atoms with van der Waals surface area (Å²) in [5.74, 6) is -0.303. The predicted octanol–water partition coefficient (Wildman–Crippen LogP) is 4.78. The molecule has 0 bridgehead atoms. The molecular formula is C20H18FNOS. The second-order valence-electron chi connectivity index (χ2n) is 5.61. The van der Waals surface area contributed by atoms with E-state index in [9.17, 15) is 9.18 Å². The van der Waals surface area contributed by atoms with E-state index in [2.05, 4.69) is 29.6 Å². The van der Waals surface area contributed by atoms with Gasteiger partial charge in [-0.3, -0.25) is 4.79 Å². The number of benzene rings is 3. The van der Waals surface area contributed by atoms with E-state index in [-0.39, 0.29) is 17.0 Å². The fraction of sp³-hybridized carbons (Fsp3) is 0.150. The van der Waals surface area contributed by atoms with Crippen molar-refractivity contribution in [2.75, 3.05) is 0 Å². The van der Waals surface area contributed by atoms with Crippen molar-refractivity contribution in [3.8, 4) is 0 Å². The molecule has 0 aliphatic heterocycles. The molecule has 0 aliphatic carbocycles. The van der Waals surface area contributed by atoms with Crippen molar-refractivity contribution in [2.24, 2.45) is 0 Å². The lowest BCUT2D eigenvalue weighted by molar-refractivity contribution is -0.120. The fourth-order valence-corrected chi connectivity index (χ4v) is 3.37. The summed E-state index contributed by atoms with van der Waals surface area (Å²) in [7, 11) is 0. The number of nitrogens with one attached hydrogen (secondary N) is 1. The number of carbonyl (C=O) groups is 1.